The van der Waals surface area contributed by atoms with Gasteiger partial charge in [0.15, 0.2) is 11.5 Å². The molecule has 1 heterocycles. The highest BCUT2D eigenvalue weighted by Gasteiger charge is 2.29. The van der Waals surface area contributed by atoms with Crippen molar-refractivity contribution in [3.05, 3.63) is 23.8 Å². The first-order valence-electron chi connectivity index (χ1n) is 7.17. The fourth-order valence-corrected chi connectivity index (χ4v) is 3.84. The van der Waals surface area contributed by atoms with E-state index in [-0.39, 0.29) is 0 Å². The molecule has 2 rings (SSSR count). The van der Waals surface area contributed by atoms with Crippen LogP contribution in [-0.4, -0.2) is 31.3 Å². The second-order valence-electron chi connectivity index (χ2n) is 5.62. The lowest BCUT2D eigenvalue weighted by Crippen LogP contribution is -2.34. The van der Waals surface area contributed by atoms with Crippen LogP contribution in [0.25, 0.3) is 0 Å². The number of thioether (sulfide) groups is 1. The first-order chi connectivity index (χ1) is 9.58. The SMILES string of the molecule is COc1ccc(C(C)NCC2(C)CCCS2)cc1OC. The molecule has 1 fully saturated rings. The minimum atomic E-state index is 0.313. The van der Waals surface area contributed by atoms with Gasteiger partial charge in [0.25, 0.3) is 0 Å². The van der Waals surface area contributed by atoms with Crippen molar-refractivity contribution in [2.75, 3.05) is 26.5 Å². The number of hydrogen-bond donors (Lipinski definition) is 1. The standard InChI is InChI=1S/C16H25NO2S/c1-12(17-11-16(2)8-5-9-20-16)13-6-7-14(18-3)15(10-13)19-4/h6-7,10,12,17H,5,8-9,11H2,1-4H3. The van der Waals surface area contributed by atoms with Gasteiger partial charge in [0, 0.05) is 17.3 Å². The molecule has 1 aromatic carbocycles. The van der Waals surface area contributed by atoms with Gasteiger partial charge in [0.05, 0.1) is 14.2 Å². The average Bonchev–Trinajstić information content (AvgIpc) is 2.91. The minimum absolute atomic E-state index is 0.313. The zero-order valence-electron chi connectivity index (χ0n) is 12.9. The van der Waals surface area contributed by atoms with E-state index in [2.05, 4.69) is 43.1 Å². The molecular weight excluding hydrogens is 270 g/mol. The van der Waals surface area contributed by atoms with Crippen LogP contribution in [0.5, 0.6) is 11.5 Å². The maximum atomic E-state index is 5.37. The van der Waals surface area contributed by atoms with Gasteiger partial charge in [-0.05, 0) is 50.1 Å². The molecule has 1 N–H and O–H groups in total. The molecular formula is C16H25NO2S. The molecule has 20 heavy (non-hydrogen) atoms. The molecule has 1 aliphatic heterocycles. The molecule has 0 amide bonds. The molecule has 3 nitrogen and oxygen atoms in total. The molecule has 0 radical (unpaired) electrons. The van der Waals surface area contributed by atoms with Gasteiger partial charge in [-0.2, -0.15) is 11.8 Å². The van der Waals surface area contributed by atoms with Crippen LogP contribution < -0.4 is 14.8 Å². The topological polar surface area (TPSA) is 30.5 Å². The summed E-state index contributed by atoms with van der Waals surface area (Å²) in [5, 5.41) is 3.65. The van der Waals surface area contributed by atoms with E-state index >= 15 is 0 Å². The maximum Gasteiger partial charge on any atom is 0.161 e. The van der Waals surface area contributed by atoms with E-state index in [1.165, 1.54) is 24.2 Å². The van der Waals surface area contributed by atoms with Gasteiger partial charge in [-0.15, -0.1) is 0 Å². The molecule has 2 unspecified atom stereocenters. The molecule has 1 aromatic rings. The van der Waals surface area contributed by atoms with Gasteiger partial charge < -0.3 is 14.8 Å². The third kappa shape index (κ3) is 3.61. The third-order valence-electron chi connectivity index (χ3n) is 3.99. The van der Waals surface area contributed by atoms with Crippen LogP contribution in [-0.2, 0) is 0 Å². The minimum Gasteiger partial charge on any atom is -0.493 e. The van der Waals surface area contributed by atoms with E-state index in [4.69, 9.17) is 9.47 Å². The van der Waals surface area contributed by atoms with Gasteiger partial charge in [-0.3, -0.25) is 0 Å². The van der Waals surface area contributed by atoms with Crippen LogP contribution in [0.2, 0.25) is 0 Å². The van der Waals surface area contributed by atoms with Crippen molar-refractivity contribution in [1.29, 1.82) is 0 Å². The van der Waals surface area contributed by atoms with Gasteiger partial charge in [0.2, 0.25) is 0 Å². The van der Waals surface area contributed by atoms with Crippen LogP contribution in [0, 0.1) is 0 Å². The lowest BCUT2D eigenvalue weighted by molar-refractivity contribution is 0.354. The Hall–Kier alpha value is -0.870. The van der Waals surface area contributed by atoms with E-state index in [1.54, 1.807) is 14.2 Å². The largest absolute Gasteiger partial charge is 0.493 e. The Bertz CT molecular complexity index is 444. The number of ether oxygens (including phenoxy) is 2. The maximum absolute atomic E-state index is 5.37. The number of benzene rings is 1. The lowest BCUT2D eigenvalue weighted by atomic mass is 10.0. The highest BCUT2D eigenvalue weighted by atomic mass is 32.2. The summed E-state index contributed by atoms with van der Waals surface area (Å²) in [7, 11) is 3.34. The summed E-state index contributed by atoms with van der Waals surface area (Å²) in [4.78, 5) is 0. The van der Waals surface area contributed by atoms with Crippen LogP contribution in [0.4, 0.5) is 0 Å². The van der Waals surface area contributed by atoms with Crippen LogP contribution in [0.1, 0.15) is 38.3 Å². The number of hydrogen-bond acceptors (Lipinski definition) is 4. The van der Waals surface area contributed by atoms with Crippen molar-refractivity contribution in [2.45, 2.75) is 37.5 Å². The first kappa shape index (κ1) is 15.5. The predicted molar refractivity (Wildman–Crippen MR) is 86.1 cm³/mol. The molecule has 2 atom stereocenters. The summed E-state index contributed by atoms with van der Waals surface area (Å²) in [6, 6.07) is 6.44. The van der Waals surface area contributed by atoms with Gasteiger partial charge in [0.1, 0.15) is 0 Å². The van der Waals surface area contributed by atoms with E-state index in [9.17, 15) is 0 Å². The van der Waals surface area contributed by atoms with E-state index < -0.39 is 0 Å². The highest BCUT2D eigenvalue weighted by Crippen LogP contribution is 2.37. The molecule has 0 aromatic heterocycles. The summed E-state index contributed by atoms with van der Waals surface area (Å²) >= 11 is 2.09. The smallest absolute Gasteiger partial charge is 0.161 e. The Morgan fingerprint density at radius 2 is 2.05 bits per heavy atom. The zero-order valence-corrected chi connectivity index (χ0v) is 13.7. The number of rotatable bonds is 6. The van der Waals surface area contributed by atoms with Crippen molar-refractivity contribution in [3.63, 3.8) is 0 Å². The molecule has 4 heteroatoms. The van der Waals surface area contributed by atoms with Crippen LogP contribution in [0.15, 0.2) is 18.2 Å². The Morgan fingerprint density at radius 3 is 2.65 bits per heavy atom. The molecule has 1 aliphatic rings. The second kappa shape index (κ2) is 6.72. The summed E-state index contributed by atoms with van der Waals surface area (Å²) in [5.41, 5.74) is 1.23. The second-order valence-corrected chi connectivity index (χ2v) is 7.30. The first-order valence-corrected chi connectivity index (χ1v) is 8.16. The van der Waals surface area contributed by atoms with Crippen molar-refractivity contribution in [3.8, 4) is 11.5 Å². The Kier molecular flexibility index (Phi) is 5.22. The van der Waals surface area contributed by atoms with E-state index in [0.29, 0.717) is 10.8 Å². The fraction of sp³-hybridized carbons (Fsp3) is 0.625. The number of methoxy groups -OCH3 is 2. The summed E-state index contributed by atoms with van der Waals surface area (Å²) in [5.74, 6) is 2.87. The van der Waals surface area contributed by atoms with E-state index in [0.717, 1.165) is 18.0 Å². The van der Waals surface area contributed by atoms with E-state index in [1.807, 2.05) is 6.07 Å². The monoisotopic (exact) mass is 295 g/mol. The van der Waals surface area contributed by atoms with Crippen LogP contribution >= 0.6 is 11.8 Å². The lowest BCUT2D eigenvalue weighted by Gasteiger charge is -2.26. The third-order valence-corrected chi connectivity index (χ3v) is 5.53. The van der Waals surface area contributed by atoms with Gasteiger partial charge in [-0.25, -0.2) is 0 Å². The summed E-state index contributed by atoms with van der Waals surface area (Å²) < 4.78 is 11.0. The fourth-order valence-electron chi connectivity index (χ4n) is 2.59. The Balaban J connectivity index is 1.99. The molecule has 0 saturated carbocycles. The predicted octanol–water partition coefficient (Wildman–Crippen LogP) is 3.64. The van der Waals surface area contributed by atoms with Crippen molar-refractivity contribution < 1.29 is 9.47 Å². The highest BCUT2D eigenvalue weighted by molar-refractivity contribution is 8.00. The molecule has 112 valence electrons. The molecule has 0 spiro atoms. The van der Waals surface area contributed by atoms with Gasteiger partial charge >= 0.3 is 0 Å². The zero-order chi connectivity index (χ0) is 14.6. The summed E-state index contributed by atoms with van der Waals surface area (Å²) in [6.07, 6.45) is 2.65. The molecule has 0 bridgehead atoms. The van der Waals surface area contributed by atoms with Crippen molar-refractivity contribution >= 4 is 11.8 Å². The molecule has 1 saturated heterocycles. The Labute approximate surface area is 126 Å². The number of nitrogens with one attached hydrogen (secondary N) is 1. The summed E-state index contributed by atoms with van der Waals surface area (Å²) in [6.45, 7) is 5.61. The molecule has 0 aliphatic carbocycles. The average molecular weight is 295 g/mol. The van der Waals surface area contributed by atoms with Crippen molar-refractivity contribution in [2.24, 2.45) is 0 Å². The Morgan fingerprint density at radius 1 is 1.30 bits per heavy atom. The van der Waals surface area contributed by atoms with Gasteiger partial charge in [-0.1, -0.05) is 6.07 Å². The quantitative estimate of drug-likeness (QED) is 0.868. The van der Waals surface area contributed by atoms with Crippen LogP contribution in [0.3, 0.4) is 0 Å². The van der Waals surface area contributed by atoms with Crippen molar-refractivity contribution in [1.82, 2.24) is 5.32 Å². The normalized spacial score (nSPS) is 23.6.